The predicted molar refractivity (Wildman–Crippen MR) is 78.5 cm³/mol. The Hall–Kier alpha value is -0.860. The van der Waals surface area contributed by atoms with E-state index in [2.05, 4.69) is 16.6 Å². The number of aromatic nitrogens is 1. The van der Waals surface area contributed by atoms with E-state index in [1.807, 2.05) is 0 Å². The molecule has 110 valence electrons. The van der Waals surface area contributed by atoms with Gasteiger partial charge in [-0.2, -0.15) is 4.37 Å². The maximum atomic E-state index is 11.9. The van der Waals surface area contributed by atoms with Crippen molar-refractivity contribution < 1.29 is 13.2 Å². The standard InChI is InChI=1S/C11H21N3O3S2/c1-3-7-17-8-5-6-13-11-9(10(12)14-18-11)19(15,16)4-2/h13H,3-8H2,1-2H3,(H2,12,14). The molecular formula is C11H21N3O3S2. The van der Waals surface area contributed by atoms with E-state index >= 15 is 0 Å². The summed E-state index contributed by atoms with van der Waals surface area (Å²) in [6.45, 7) is 5.70. The van der Waals surface area contributed by atoms with Crippen LogP contribution in [0, 0.1) is 0 Å². The van der Waals surface area contributed by atoms with E-state index in [4.69, 9.17) is 10.5 Å². The molecule has 0 spiro atoms. The van der Waals surface area contributed by atoms with Gasteiger partial charge in [0.15, 0.2) is 15.7 Å². The fourth-order valence-electron chi connectivity index (χ4n) is 1.47. The maximum Gasteiger partial charge on any atom is 0.184 e. The number of rotatable bonds is 9. The summed E-state index contributed by atoms with van der Waals surface area (Å²) in [6, 6.07) is 0. The average Bonchev–Trinajstić information content (AvgIpc) is 2.75. The average molecular weight is 307 g/mol. The fraction of sp³-hybridized carbons (Fsp3) is 0.727. The van der Waals surface area contributed by atoms with E-state index in [1.165, 1.54) is 0 Å². The molecule has 0 radical (unpaired) electrons. The molecule has 0 saturated carbocycles. The zero-order valence-electron chi connectivity index (χ0n) is 11.3. The molecule has 0 amide bonds. The fourth-order valence-corrected chi connectivity index (χ4v) is 3.67. The summed E-state index contributed by atoms with van der Waals surface area (Å²) >= 11 is 1.08. The molecule has 3 N–H and O–H groups in total. The Morgan fingerprint density at radius 3 is 2.74 bits per heavy atom. The summed E-state index contributed by atoms with van der Waals surface area (Å²) < 4.78 is 33.1. The quantitative estimate of drug-likeness (QED) is 0.675. The van der Waals surface area contributed by atoms with Crippen LogP contribution < -0.4 is 11.1 Å². The minimum Gasteiger partial charge on any atom is -0.382 e. The summed E-state index contributed by atoms with van der Waals surface area (Å²) in [5, 5.41) is 3.59. The van der Waals surface area contributed by atoms with Crippen LogP contribution in [0.4, 0.5) is 10.8 Å². The summed E-state index contributed by atoms with van der Waals surface area (Å²) in [5.74, 6) is 0.0979. The molecule has 0 aliphatic carbocycles. The van der Waals surface area contributed by atoms with Gasteiger partial charge in [-0.15, -0.1) is 0 Å². The van der Waals surface area contributed by atoms with Crippen molar-refractivity contribution in [2.24, 2.45) is 0 Å². The van der Waals surface area contributed by atoms with Gasteiger partial charge in [-0.3, -0.25) is 0 Å². The largest absolute Gasteiger partial charge is 0.382 e. The van der Waals surface area contributed by atoms with Crippen molar-refractivity contribution in [2.75, 3.05) is 36.6 Å². The van der Waals surface area contributed by atoms with Gasteiger partial charge in [0, 0.05) is 19.8 Å². The number of nitrogens with two attached hydrogens (primary N) is 1. The number of nitrogen functional groups attached to an aromatic ring is 1. The van der Waals surface area contributed by atoms with Crippen molar-refractivity contribution in [1.29, 1.82) is 0 Å². The highest BCUT2D eigenvalue weighted by Gasteiger charge is 2.23. The molecule has 0 aliphatic heterocycles. The van der Waals surface area contributed by atoms with Crippen LogP contribution in [0.25, 0.3) is 0 Å². The molecule has 0 aromatic carbocycles. The lowest BCUT2D eigenvalue weighted by atomic mass is 10.4. The number of ether oxygens (including phenoxy) is 1. The molecule has 1 rings (SSSR count). The van der Waals surface area contributed by atoms with Gasteiger partial charge in [0.25, 0.3) is 0 Å². The van der Waals surface area contributed by atoms with Crippen LogP contribution in [0.15, 0.2) is 4.90 Å². The predicted octanol–water partition coefficient (Wildman–Crippen LogP) is 1.75. The molecule has 0 saturated heterocycles. The van der Waals surface area contributed by atoms with Crippen LogP contribution >= 0.6 is 11.5 Å². The second-order valence-electron chi connectivity index (χ2n) is 4.02. The third-order valence-electron chi connectivity index (χ3n) is 2.46. The number of hydrogen-bond donors (Lipinski definition) is 2. The Morgan fingerprint density at radius 1 is 1.37 bits per heavy atom. The highest BCUT2D eigenvalue weighted by atomic mass is 32.2. The Morgan fingerprint density at radius 2 is 2.11 bits per heavy atom. The van der Waals surface area contributed by atoms with Crippen molar-refractivity contribution in [3.05, 3.63) is 0 Å². The monoisotopic (exact) mass is 307 g/mol. The Labute approximate surface area is 118 Å². The van der Waals surface area contributed by atoms with Crippen molar-refractivity contribution in [3.63, 3.8) is 0 Å². The summed E-state index contributed by atoms with van der Waals surface area (Å²) in [7, 11) is -3.34. The minimum atomic E-state index is -3.34. The number of nitrogens with one attached hydrogen (secondary N) is 1. The van der Waals surface area contributed by atoms with Gasteiger partial charge in [-0.1, -0.05) is 13.8 Å². The highest BCUT2D eigenvalue weighted by molar-refractivity contribution is 7.91. The third kappa shape index (κ3) is 4.63. The molecule has 1 heterocycles. The zero-order valence-corrected chi connectivity index (χ0v) is 12.9. The summed E-state index contributed by atoms with van der Waals surface area (Å²) in [6.07, 6.45) is 1.81. The first-order valence-electron chi connectivity index (χ1n) is 6.32. The van der Waals surface area contributed by atoms with E-state index < -0.39 is 9.84 Å². The first-order chi connectivity index (χ1) is 9.03. The molecule has 6 nitrogen and oxygen atoms in total. The molecule has 0 atom stereocenters. The lowest BCUT2D eigenvalue weighted by molar-refractivity contribution is 0.134. The van der Waals surface area contributed by atoms with Gasteiger partial charge >= 0.3 is 0 Å². The third-order valence-corrected chi connectivity index (χ3v) is 5.21. The van der Waals surface area contributed by atoms with E-state index in [-0.39, 0.29) is 16.5 Å². The minimum absolute atomic E-state index is 0.0178. The Kier molecular flexibility index (Phi) is 6.53. The first-order valence-corrected chi connectivity index (χ1v) is 8.75. The topological polar surface area (TPSA) is 94.3 Å². The van der Waals surface area contributed by atoms with Crippen molar-refractivity contribution in [3.8, 4) is 0 Å². The van der Waals surface area contributed by atoms with Crippen molar-refractivity contribution in [2.45, 2.75) is 31.6 Å². The lowest BCUT2D eigenvalue weighted by Crippen LogP contribution is -2.11. The van der Waals surface area contributed by atoms with Crippen molar-refractivity contribution in [1.82, 2.24) is 4.37 Å². The molecular weight excluding hydrogens is 286 g/mol. The Bertz CT molecular complexity index is 485. The van der Waals surface area contributed by atoms with Crippen LogP contribution in [0.5, 0.6) is 0 Å². The molecule has 0 aliphatic rings. The van der Waals surface area contributed by atoms with Gasteiger partial charge in [-0.25, -0.2) is 8.42 Å². The number of nitrogens with zero attached hydrogens (tertiary/aromatic N) is 1. The van der Waals surface area contributed by atoms with E-state index in [9.17, 15) is 8.42 Å². The SMILES string of the molecule is CCCOCCCNc1snc(N)c1S(=O)(=O)CC. The molecule has 0 fully saturated rings. The van der Waals surface area contributed by atoms with Gasteiger partial charge in [0.2, 0.25) is 0 Å². The molecule has 19 heavy (non-hydrogen) atoms. The van der Waals surface area contributed by atoms with Gasteiger partial charge in [0.05, 0.1) is 5.75 Å². The first kappa shape index (κ1) is 16.2. The molecule has 8 heteroatoms. The van der Waals surface area contributed by atoms with Crippen LogP contribution in [0.2, 0.25) is 0 Å². The van der Waals surface area contributed by atoms with Crippen LogP contribution in [0.3, 0.4) is 0 Å². The molecule has 0 unspecified atom stereocenters. The highest BCUT2D eigenvalue weighted by Crippen LogP contribution is 2.32. The van der Waals surface area contributed by atoms with E-state index in [0.29, 0.717) is 18.2 Å². The maximum absolute atomic E-state index is 11.9. The number of hydrogen-bond acceptors (Lipinski definition) is 7. The smallest absolute Gasteiger partial charge is 0.184 e. The summed E-state index contributed by atoms with van der Waals surface area (Å²) in [4.78, 5) is 0.134. The summed E-state index contributed by atoms with van der Waals surface area (Å²) in [5.41, 5.74) is 5.63. The molecule has 1 aromatic rings. The van der Waals surface area contributed by atoms with Crippen LogP contribution in [0.1, 0.15) is 26.7 Å². The van der Waals surface area contributed by atoms with Crippen LogP contribution in [-0.2, 0) is 14.6 Å². The van der Waals surface area contributed by atoms with Gasteiger partial charge in [-0.05, 0) is 24.4 Å². The molecule has 0 bridgehead atoms. The second-order valence-corrected chi connectivity index (χ2v) is 7.01. The van der Waals surface area contributed by atoms with E-state index in [0.717, 1.165) is 31.0 Å². The van der Waals surface area contributed by atoms with Crippen molar-refractivity contribution >= 4 is 32.2 Å². The molecule has 1 aromatic heterocycles. The van der Waals surface area contributed by atoms with Gasteiger partial charge < -0.3 is 15.8 Å². The Balaban J connectivity index is 2.56. The van der Waals surface area contributed by atoms with E-state index in [1.54, 1.807) is 6.92 Å². The normalized spacial score (nSPS) is 11.7. The van der Waals surface area contributed by atoms with Gasteiger partial charge in [0.1, 0.15) is 9.90 Å². The second kappa shape index (κ2) is 7.66. The zero-order chi connectivity index (χ0) is 14.3. The number of sulfone groups is 1. The number of anilines is 2. The van der Waals surface area contributed by atoms with Crippen LogP contribution in [-0.4, -0.2) is 38.3 Å². The lowest BCUT2D eigenvalue weighted by Gasteiger charge is -2.07.